The van der Waals surface area contributed by atoms with Crippen molar-refractivity contribution >= 4 is 15.7 Å². The summed E-state index contributed by atoms with van der Waals surface area (Å²) in [5.41, 5.74) is 0.629. The fourth-order valence-corrected chi connectivity index (χ4v) is 1.63. The van der Waals surface area contributed by atoms with Gasteiger partial charge in [0.2, 0.25) is 10.0 Å². The van der Waals surface area contributed by atoms with Gasteiger partial charge < -0.3 is 4.74 Å². The number of rotatable bonds is 6. The standard InChI is InChI=1S/C10H14N2O5S/c1-2-8-3-4-10(9(7-8)12(13)14)17-5-6-18(11,15)16/h3-4,7H,2,5-6H2,1H3,(H2,11,15,16). The number of hydrogen-bond donors (Lipinski definition) is 1. The van der Waals surface area contributed by atoms with E-state index in [0.717, 1.165) is 5.56 Å². The Kier molecular flexibility index (Phi) is 4.62. The predicted molar refractivity (Wildman–Crippen MR) is 65.9 cm³/mol. The molecule has 0 aromatic heterocycles. The molecule has 1 aromatic rings. The molecule has 0 bridgehead atoms. The SMILES string of the molecule is CCc1ccc(OCCS(N)(=O)=O)c([N+](=O)[O-])c1. The van der Waals surface area contributed by atoms with Crippen LogP contribution >= 0.6 is 0 Å². The molecule has 0 fully saturated rings. The number of aryl methyl sites for hydroxylation is 1. The smallest absolute Gasteiger partial charge is 0.311 e. The molecule has 0 aliphatic rings. The van der Waals surface area contributed by atoms with E-state index in [9.17, 15) is 18.5 Å². The highest BCUT2D eigenvalue weighted by atomic mass is 32.2. The lowest BCUT2D eigenvalue weighted by Crippen LogP contribution is -2.21. The first-order valence-corrected chi connectivity index (χ1v) is 6.95. The van der Waals surface area contributed by atoms with Gasteiger partial charge in [-0.25, -0.2) is 13.6 Å². The summed E-state index contributed by atoms with van der Waals surface area (Å²) in [4.78, 5) is 10.3. The van der Waals surface area contributed by atoms with E-state index in [0.29, 0.717) is 6.42 Å². The van der Waals surface area contributed by atoms with Gasteiger partial charge in [0.1, 0.15) is 6.61 Å². The summed E-state index contributed by atoms with van der Waals surface area (Å²) in [6, 6.07) is 4.56. The van der Waals surface area contributed by atoms with Crippen molar-refractivity contribution in [1.29, 1.82) is 0 Å². The minimum Gasteiger partial charge on any atom is -0.486 e. The number of hydrogen-bond acceptors (Lipinski definition) is 5. The van der Waals surface area contributed by atoms with Gasteiger partial charge >= 0.3 is 5.69 Å². The van der Waals surface area contributed by atoms with E-state index in [1.54, 1.807) is 6.07 Å². The quantitative estimate of drug-likeness (QED) is 0.609. The average Bonchev–Trinajstić information content (AvgIpc) is 2.27. The molecular formula is C10H14N2O5S. The second-order valence-corrected chi connectivity index (χ2v) is 5.36. The molecule has 1 aromatic carbocycles. The summed E-state index contributed by atoms with van der Waals surface area (Å²) in [5, 5.41) is 15.6. The molecule has 8 heteroatoms. The molecule has 0 spiro atoms. The van der Waals surface area contributed by atoms with Gasteiger partial charge in [-0.05, 0) is 18.1 Å². The third-order valence-corrected chi connectivity index (χ3v) is 2.99. The third-order valence-electron chi connectivity index (χ3n) is 2.25. The highest BCUT2D eigenvalue weighted by Gasteiger charge is 2.16. The Hall–Kier alpha value is -1.67. The average molecular weight is 274 g/mol. The van der Waals surface area contributed by atoms with Crippen molar-refractivity contribution in [2.24, 2.45) is 5.14 Å². The third kappa shape index (κ3) is 4.30. The lowest BCUT2D eigenvalue weighted by atomic mass is 10.1. The van der Waals surface area contributed by atoms with E-state index >= 15 is 0 Å². The summed E-state index contributed by atoms with van der Waals surface area (Å²) in [7, 11) is -3.64. The van der Waals surface area contributed by atoms with Gasteiger partial charge in [0, 0.05) is 6.07 Å². The topological polar surface area (TPSA) is 113 Å². The van der Waals surface area contributed by atoms with Crippen LogP contribution < -0.4 is 9.88 Å². The zero-order valence-corrected chi connectivity index (χ0v) is 10.6. The van der Waals surface area contributed by atoms with Crippen LogP contribution in [0.25, 0.3) is 0 Å². The van der Waals surface area contributed by atoms with E-state index in [1.807, 2.05) is 6.92 Å². The Labute approximate surface area is 105 Å². The van der Waals surface area contributed by atoms with E-state index in [1.165, 1.54) is 12.1 Å². The number of nitro groups is 1. The van der Waals surface area contributed by atoms with Crippen LogP contribution in [0.5, 0.6) is 5.75 Å². The molecule has 100 valence electrons. The van der Waals surface area contributed by atoms with Crippen LogP contribution in [0.2, 0.25) is 0 Å². The maximum Gasteiger partial charge on any atom is 0.311 e. The Morgan fingerprint density at radius 2 is 2.11 bits per heavy atom. The predicted octanol–water partition coefficient (Wildman–Crippen LogP) is 0.825. The van der Waals surface area contributed by atoms with E-state index < -0.39 is 14.9 Å². The maximum atomic E-state index is 10.8. The van der Waals surface area contributed by atoms with Crippen LogP contribution in [-0.2, 0) is 16.4 Å². The van der Waals surface area contributed by atoms with Gasteiger partial charge in [-0.2, -0.15) is 0 Å². The second-order valence-electron chi connectivity index (χ2n) is 3.63. The number of primary sulfonamides is 1. The fraction of sp³-hybridized carbons (Fsp3) is 0.400. The number of nitrogens with zero attached hydrogens (tertiary/aromatic N) is 1. The van der Waals surface area contributed by atoms with Gasteiger partial charge in [-0.3, -0.25) is 10.1 Å². The molecule has 1 rings (SSSR count). The van der Waals surface area contributed by atoms with Crippen molar-refractivity contribution in [3.8, 4) is 5.75 Å². The molecule has 0 aliphatic carbocycles. The largest absolute Gasteiger partial charge is 0.486 e. The lowest BCUT2D eigenvalue weighted by molar-refractivity contribution is -0.385. The Morgan fingerprint density at radius 3 is 2.61 bits per heavy atom. The summed E-state index contributed by atoms with van der Waals surface area (Å²) < 4.78 is 26.5. The first-order valence-electron chi connectivity index (χ1n) is 5.24. The van der Waals surface area contributed by atoms with Gasteiger partial charge in [0.15, 0.2) is 5.75 Å². The fourth-order valence-electron chi connectivity index (χ4n) is 1.32. The van der Waals surface area contributed by atoms with Crippen LogP contribution in [-0.4, -0.2) is 25.7 Å². The van der Waals surface area contributed by atoms with Crippen LogP contribution in [0.4, 0.5) is 5.69 Å². The molecule has 0 radical (unpaired) electrons. The molecule has 18 heavy (non-hydrogen) atoms. The second kappa shape index (κ2) is 5.78. The lowest BCUT2D eigenvalue weighted by Gasteiger charge is -2.07. The number of benzene rings is 1. The van der Waals surface area contributed by atoms with Crippen molar-refractivity contribution in [2.45, 2.75) is 13.3 Å². The first kappa shape index (κ1) is 14.4. The molecule has 0 aliphatic heterocycles. The first-order chi connectivity index (χ1) is 8.33. The van der Waals surface area contributed by atoms with Crippen molar-refractivity contribution < 1.29 is 18.1 Å². The summed E-state index contributed by atoms with van der Waals surface area (Å²) in [6.45, 7) is 1.66. The molecule has 0 unspecified atom stereocenters. The molecule has 7 nitrogen and oxygen atoms in total. The van der Waals surface area contributed by atoms with Crippen LogP contribution in [0.1, 0.15) is 12.5 Å². The Morgan fingerprint density at radius 1 is 1.44 bits per heavy atom. The minimum atomic E-state index is -3.64. The molecule has 0 atom stereocenters. The summed E-state index contributed by atoms with van der Waals surface area (Å²) >= 11 is 0. The van der Waals surface area contributed by atoms with Crippen molar-refractivity contribution in [1.82, 2.24) is 0 Å². The zero-order chi connectivity index (χ0) is 13.8. The van der Waals surface area contributed by atoms with Crippen LogP contribution in [0, 0.1) is 10.1 Å². The van der Waals surface area contributed by atoms with Gasteiger partial charge in [-0.1, -0.05) is 13.0 Å². The van der Waals surface area contributed by atoms with Crippen LogP contribution in [0.3, 0.4) is 0 Å². The maximum absolute atomic E-state index is 10.8. The summed E-state index contributed by atoms with van der Waals surface area (Å²) in [6.07, 6.45) is 0.665. The number of nitrogens with two attached hydrogens (primary N) is 1. The Balaban J connectivity index is 2.85. The Bertz CT molecular complexity index is 541. The van der Waals surface area contributed by atoms with Crippen molar-refractivity contribution in [3.63, 3.8) is 0 Å². The van der Waals surface area contributed by atoms with Crippen molar-refractivity contribution in [2.75, 3.05) is 12.4 Å². The number of ether oxygens (including phenoxy) is 1. The molecule has 0 heterocycles. The van der Waals surface area contributed by atoms with Gasteiger partial charge in [-0.15, -0.1) is 0 Å². The highest BCUT2D eigenvalue weighted by Crippen LogP contribution is 2.28. The number of nitro benzene ring substituents is 1. The minimum absolute atomic E-state index is 0.0425. The molecule has 2 N–H and O–H groups in total. The van der Waals surface area contributed by atoms with Crippen LogP contribution in [0.15, 0.2) is 18.2 Å². The van der Waals surface area contributed by atoms with Gasteiger partial charge in [0.05, 0.1) is 10.7 Å². The van der Waals surface area contributed by atoms with Crippen molar-refractivity contribution in [3.05, 3.63) is 33.9 Å². The molecule has 0 amide bonds. The number of sulfonamides is 1. The highest BCUT2D eigenvalue weighted by molar-refractivity contribution is 7.89. The molecule has 0 saturated carbocycles. The van der Waals surface area contributed by atoms with E-state index in [-0.39, 0.29) is 23.8 Å². The molecule has 0 saturated heterocycles. The van der Waals surface area contributed by atoms with E-state index in [2.05, 4.69) is 0 Å². The zero-order valence-electron chi connectivity index (χ0n) is 9.83. The monoisotopic (exact) mass is 274 g/mol. The molecular weight excluding hydrogens is 260 g/mol. The van der Waals surface area contributed by atoms with Gasteiger partial charge in [0.25, 0.3) is 0 Å². The van der Waals surface area contributed by atoms with E-state index in [4.69, 9.17) is 9.88 Å². The normalized spacial score (nSPS) is 11.2. The summed E-state index contributed by atoms with van der Waals surface area (Å²) in [5.74, 6) is -0.347.